The first-order chi connectivity index (χ1) is 17.2. The number of carbonyl (C=O) groups excluding carboxylic acids is 1. The van der Waals surface area contributed by atoms with E-state index >= 15 is 0 Å². The fraction of sp³-hybridized carbons (Fsp3) is 0.0741. The van der Waals surface area contributed by atoms with E-state index in [1.165, 1.54) is 0 Å². The molecule has 0 aliphatic heterocycles. The summed E-state index contributed by atoms with van der Waals surface area (Å²) < 4.78 is 0. The second-order valence-corrected chi connectivity index (χ2v) is 8.19. The van der Waals surface area contributed by atoms with Crippen LogP contribution in [-0.4, -0.2) is 36.0 Å². The Balaban J connectivity index is 1.43. The van der Waals surface area contributed by atoms with Crippen molar-refractivity contribution in [2.24, 2.45) is 0 Å². The van der Waals surface area contributed by atoms with Gasteiger partial charge in [0.25, 0.3) is 0 Å². The average molecular weight is 460 g/mol. The summed E-state index contributed by atoms with van der Waals surface area (Å²) in [6.45, 7) is 1.81. The molecule has 0 spiro atoms. The van der Waals surface area contributed by atoms with E-state index in [0.717, 1.165) is 55.8 Å². The van der Waals surface area contributed by atoms with Crippen molar-refractivity contribution in [2.45, 2.75) is 13.3 Å². The molecule has 8 heteroatoms. The van der Waals surface area contributed by atoms with Crippen molar-refractivity contribution in [3.05, 3.63) is 79.3 Å². The maximum Gasteiger partial charge on any atom is 0.224 e. The first kappa shape index (κ1) is 20.7. The fourth-order valence-corrected chi connectivity index (χ4v) is 4.17. The van der Waals surface area contributed by atoms with Crippen molar-refractivity contribution in [1.82, 2.24) is 30.1 Å². The number of fused-ring (bicyclic) bond motifs is 2. The van der Waals surface area contributed by atoms with Gasteiger partial charge in [0.05, 0.1) is 34.5 Å². The highest BCUT2D eigenvalue weighted by molar-refractivity contribution is 6.00. The summed E-state index contributed by atoms with van der Waals surface area (Å²) in [5.74, 6) is -0.0617. The zero-order chi connectivity index (χ0) is 23.8. The molecule has 0 saturated carbocycles. The van der Waals surface area contributed by atoms with Gasteiger partial charge >= 0.3 is 0 Å². The van der Waals surface area contributed by atoms with Crippen LogP contribution in [0.1, 0.15) is 13.3 Å². The third-order valence-corrected chi connectivity index (χ3v) is 5.91. The highest BCUT2D eigenvalue weighted by Gasteiger charge is 2.16. The Bertz CT molecular complexity index is 1680. The van der Waals surface area contributed by atoms with E-state index in [9.17, 15) is 4.79 Å². The molecule has 0 bridgehead atoms. The lowest BCUT2D eigenvalue weighted by Gasteiger charge is -2.06. The lowest BCUT2D eigenvalue weighted by Crippen LogP contribution is -2.09. The summed E-state index contributed by atoms with van der Waals surface area (Å²) in [6.07, 6.45) is 5.56. The van der Waals surface area contributed by atoms with Gasteiger partial charge in [-0.1, -0.05) is 25.1 Å². The highest BCUT2D eigenvalue weighted by Crippen LogP contribution is 2.33. The van der Waals surface area contributed by atoms with E-state index in [1.54, 1.807) is 18.6 Å². The molecule has 0 saturated heterocycles. The Labute approximate surface area is 200 Å². The minimum atomic E-state index is -0.0617. The number of nitrogens with zero attached hydrogens (tertiary/aromatic N) is 4. The van der Waals surface area contributed by atoms with E-state index in [0.29, 0.717) is 12.1 Å². The van der Waals surface area contributed by atoms with Crippen LogP contribution in [0, 0.1) is 0 Å². The quantitative estimate of drug-likeness (QED) is 0.312. The Morgan fingerprint density at radius 3 is 2.77 bits per heavy atom. The Kier molecular flexibility index (Phi) is 5.03. The van der Waals surface area contributed by atoms with Crippen LogP contribution < -0.4 is 5.32 Å². The van der Waals surface area contributed by atoms with Crippen LogP contribution in [0.4, 0.5) is 5.69 Å². The van der Waals surface area contributed by atoms with Crippen molar-refractivity contribution < 1.29 is 4.79 Å². The number of H-pyrrole nitrogens is 2. The van der Waals surface area contributed by atoms with Crippen LogP contribution in [0.5, 0.6) is 0 Å². The normalized spacial score (nSPS) is 11.2. The number of aromatic nitrogens is 6. The fourth-order valence-electron chi connectivity index (χ4n) is 4.17. The molecular weight excluding hydrogens is 438 g/mol. The third-order valence-electron chi connectivity index (χ3n) is 5.91. The molecule has 0 fully saturated rings. The van der Waals surface area contributed by atoms with Gasteiger partial charge in [0.2, 0.25) is 5.91 Å². The predicted molar refractivity (Wildman–Crippen MR) is 137 cm³/mol. The largest absolute Gasteiger partial charge is 0.353 e. The topological polar surface area (TPSA) is 112 Å². The van der Waals surface area contributed by atoms with E-state index in [1.807, 2.05) is 55.5 Å². The smallest absolute Gasteiger partial charge is 0.224 e. The number of hydrogen-bond acceptors (Lipinski definition) is 5. The molecule has 0 aliphatic carbocycles. The van der Waals surface area contributed by atoms with Gasteiger partial charge < -0.3 is 10.3 Å². The summed E-state index contributed by atoms with van der Waals surface area (Å²) in [6, 6.07) is 19.9. The molecular formula is C27H21N7O. The summed E-state index contributed by atoms with van der Waals surface area (Å²) in [4.78, 5) is 29.0. The van der Waals surface area contributed by atoms with Gasteiger partial charge in [-0.2, -0.15) is 5.10 Å². The average Bonchev–Trinajstić information content (AvgIpc) is 3.53. The molecule has 1 amide bonds. The number of anilines is 1. The van der Waals surface area contributed by atoms with Gasteiger partial charge in [0.1, 0.15) is 11.2 Å². The first-order valence-electron chi connectivity index (χ1n) is 11.3. The molecule has 8 nitrogen and oxygen atoms in total. The monoisotopic (exact) mass is 459 g/mol. The second kappa shape index (κ2) is 8.49. The summed E-state index contributed by atoms with van der Waals surface area (Å²) in [7, 11) is 0. The minimum Gasteiger partial charge on any atom is -0.353 e. The molecule has 0 unspecified atom stereocenters. The molecule has 6 rings (SSSR count). The molecule has 0 atom stereocenters. The van der Waals surface area contributed by atoms with E-state index in [4.69, 9.17) is 4.98 Å². The number of benzene rings is 1. The van der Waals surface area contributed by atoms with Crippen molar-refractivity contribution in [2.75, 3.05) is 5.32 Å². The van der Waals surface area contributed by atoms with Gasteiger partial charge in [0, 0.05) is 40.8 Å². The molecule has 6 aromatic rings. The third kappa shape index (κ3) is 3.80. The van der Waals surface area contributed by atoms with Crippen LogP contribution in [-0.2, 0) is 4.79 Å². The Morgan fingerprint density at radius 1 is 0.971 bits per heavy atom. The lowest BCUT2D eigenvalue weighted by atomic mass is 10.1. The van der Waals surface area contributed by atoms with E-state index < -0.39 is 0 Å². The van der Waals surface area contributed by atoms with Crippen LogP contribution in [0.3, 0.4) is 0 Å². The maximum atomic E-state index is 11.8. The van der Waals surface area contributed by atoms with Gasteiger partial charge in [-0.3, -0.25) is 19.9 Å². The number of pyridine rings is 3. The van der Waals surface area contributed by atoms with Crippen LogP contribution in [0.25, 0.3) is 55.8 Å². The van der Waals surface area contributed by atoms with E-state index in [2.05, 4.69) is 42.6 Å². The van der Waals surface area contributed by atoms with Crippen molar-refractivity contribution >= 4 is 33.5 Å². The second-order valence-electron chi connectivity index (χ2n) is 8.19. The highest BCUT2D eigenvalue weighted by atomic mass is 16.1. The number of rotatable bonds is 5. The number of hydrogen-bond donors (Lipinski definition) is 3. The van der Waals surface area contributed by atoms with Crippen LogP contribution >= 0.6 is 0 Å². The molecule has 5 aromatic heterocycles. The van der Waals surface area contributed by atoms with Crippen LogP contribution in [0.2, 0.25) is 0 Å². The summed E-state index contributed by atoms with van der Waals surface area (Å²) in [5, 5.41) is 11.6. The summed E-state index contributed by atoms with van der Waals surface area (Å²) in [5.41, 5.74) is 8.32. The summed E-state index contributed by atoms with van der Waals surface area (Å²) >= 11 is 0. The van der Waals surface area contributed by atoms with Gasteiger partial charge in [-0.15, -0.1) is 0 Å². The number of nitrogens with one attached hydrogen (secondary N) is 3. The Hall–Kier alpha value is -4.85. The number of carbonyl (C=O) groups is 1. The van der Waals surface area contributed by atoms with E-state index in [-0.39, 0.29) is 5.91 Å². The van der Waals surface area contributed by atoms with Gasteiger partial charge in [0.15, 0.2) is 0 Å². The number of aromatic amines is 2. The molecule has 35 heavy (non-hydrogen) atoms. The minimum absolute atomic E-state index is 0.0617. The van der Waals surface area contributed by atoms with Gasteiger partial charge in [-0.05, 0) is 42.5 Å². The van der Waals surface area contributed by atoms with Gasteiger partial charge in [-0.25, -0.2) is 4.98 Å². The standard InChI is InChI=1S/C27H21N7O/c1-2-25(35)30-17-12-16(14-28-15-17)20-9-10-23-26(32-20)27(34-33-23)24-13-19-18(6-5-8-22(19)31-24)21-7-3-4-11-29-21/h3-15,31H,2H2,1H3,(H,30,35)(H,33,34). The first-order valence-corrected chi connectivity index (χ1v) is 11.3. The Morgan fingerprint density at radius 2 is 1.91 bits per heavy atom. The molecule has 5 heterocycles. The SMILES string of the molecule is CCC(=O)Nc1cncc(-c2ccc3[nH]nc(-c4cc5c(-c6ccccn6)cccc5[nH]4)c3n2)c1. The predicted octanol–water partition coefficient (Wildman–Crippen LogP) is 5.58. The zero-order valence-corrected chi connectivity index (χ0v) is 18.9. The molecule has 0 radical (unpaired) electrons. The lowest BCUT2D eigenvalue weighted by molar-refractivity contribution is -0.115. The van der Waals surface area contributed by atoms with Crippen molar-refractivity contribution in [3.8, 4) is 33.9 Å². The molecule has 3 N–H and O–H groups in total. The molecule has 170 valence electrons. The van der Waals surface area contributed by atoms with Crippen molar-refractivity contribution in [3.63, 3.8) is 0 Å². The molecule has 0 aliphatic rings. The molecule has 1 aromatic carbocycles. The number of amides is 1. The van der Waals surface area contributed by atoms with Crippen molar-refractivity contribution in [1.29, 1.82) is 0 Å². The zero-order valence-electron chi connectivity index (χ0n) is 18.9. The van der Waals surface area contributed by atoms with Crippen LogP contribution in [0.15, 0.2) is 79.3 Å². The maximum absolute atomic E-state index is 11.8.